The lowest BCUT2D eigenvalue weighted by Crippen LogP contribution is -2.11. The summed E-state index contributed by atoms with van der Waals surface area (Å²) >= 11 is 3.30. The number of phenols is 1. The number of phenolic OH excluding ortho intramolecular Hbond substituents is 1. The van der Waals surface area contributed by atoms with Crippen LogP contribution in [0.15, 0.2) is 56.9 Å². The van der Waals surface area contributed by atoms with Crippen molar-refractivity contribution in [1.29, 1.82) is 0 Å². The number of hydrogen-bond donors (Lipinski definition) is 3. The predicted molar refractivity (Wildman–Crippen MR) is 84.8 cm³/mol. The molecule has 0 fully saturated rings. The molecule has 0 spiro atoms. The van der Waals surface area contributed by atoms with E-state index in [9.17, 15) is 13.5 Å². The van der Waals surface area contributed by atoms with Crippen LogP contribution in [0.5, 0.6) is 5.75 Å². The molecule has 0 amide bonds. The number of primary sulfonamides is 1. The average molecular weight is 370 g/mol. The fourth-order valence-electron chi connectivity index (χ4n) is 1.52. The molecule has 0 aliphatic rings. The highest BCUT2D eigenvalue weighted by atomic mass is 79.9. The predicted octanol–water partition coefficient (Wildman–Crippen LogP) is 2.25. The SMILES string of the molecule is NS(=O)(=O)c1ccc(NN=Cc2cc(Br)ccc2O)cc1. The normalized spacial score (nSPS) is 11.7. The Balaban J connectivity index is 2.09. The molecule has 4 N–H and O–H groups in total. The van der Waals surface area contributed by atoms with Gasteiger partial charge in [0.05, 0.1) is 16.8 Å². The van der Waals surface area contributed by atoms with Crippen molar-refractivity contribution in [1.82, 2.24) is 0 Å². The highest BCUT2D eigenvalue weighted by Gasteiger charge is 2.06. The van der Waals surface area contributed by atoms with Crippen LogP contribution in [0, 0.1) is 0 Å². The zero-order valence-electron chi connectivity index (χ0n) is 10.7. The number of hydrazone groups is 1. The smallest absolute Gasteiger partial charge is 0.238 e. The van der Waals surface area contributed by atoms with Crippen LogP contribution in [0.3, 0.4) is 0 Å². The Hall–Kier alpha value is -1.90. The fraction of sp³-hybridized carbons (Fsp3) is 0. The van der Waals surface area contributed by atoms with Gasteiger partial charge in [-0.25, -0.2) is 13.6 Å². The van der Waals surface area contributed by atoms with Gasteiger partial charge in [-0.15, -0.1) is 0 Å². The summed E-state index contributed by atoms with van der Waals surface area (Å²) in [5.41, 5.74) is 3.86. The number of halogens is 1. The second-order valence-electron chi connectivity index (χ2n) is 4.14. The van der Waals surface area contributed by atoms with Crippen LogP contribution in [0.1, 0.15) is 5.56 Å². The number of anilines is 1. The lowest BCUT2D eigenvalue weighted by molar-refractivity contribution is 0.474. The van der Waals surface area contributed by atoms with Crippen molar-refractivity contribution in [3.8, 4) is 5.75 Å². The minimum absolute atomic E-state index is 0.0293. The van der Waals surface area contributed by atoms with E-state index < -0.39 is 10.0 Å². The molecule has 0 saturated carbocycles. The Labute approximate surface area is 130 Å². The first kappa shape index (κ1) is 15.5. The lowest BCUT2D eigenvalue weighted by atomic mass is 10.2. The van der Waals surface area contributed by atoms with Gasteiger partial charge in [-0.1, -0.05) is 15.9 Å². The first-order valence-corrected chi connectivity index (χ1v) is 8.10. The Morgan fingerprint density at radius 1 is 1.19 bits per heavy atom. The molecule has 8 heteroatoms. The van der Waals surface area contributed by atoms with Crippen molar-refractivity contribution in [2.45, 2.75) is 4.90 Å². The standard InChI is InChI=1S/C13H12BrN3O3S/c14-10-1-6-13(18)9(7-10)8-16-17-11-2-4-12(5-3-11)21(15,19)20/h1-8,17-18H,(H2,15,19,20). The van der Waals surface area contributed by atoms with E-state index >= 15 is 0 Å². The molecule has 2 aromatic rings. The van der Waals surface area contributed by atoms with Crippen molar-refractivity contribution in [2.24, 2.45) is 10.2 Å². The first-order chi connectivity index (χ1) is 9.86. The summed E-state index contributed by atoms with van der Waals surface area (Å²) in [5.74, 6) is 0.105. The second-order valence-corrected chi connectivity index (χ2v) is 6.62. The summed E-state index contributed by atoms with van der Waals surface area (Å²) in [6.07, 6.45) is 1.45. The summed E-state index contributed by atoms with van der Waals surface area (Å²) < 4.78 is 23.0. The van der Waals surface area contributed by atoms with E-state index in [0.29, 0.717) is 11.3 Å². The number of nitrogens with zero attached hydrogens (tertiary/aromatic N) is 1. The summed E-state index contributed by atoms with van der Waals surface area (Å²) in [7, 11) is -3.70. The molecule has 2 aromatic carbocycles. The van der Waals surface area contributed by atoms with Crippen molar-refractivity contribution in [2.75, 3.05) is 5.43 Å². The first-order valence-electron chi connectivity index (χ1n) is 5.77. The third-order valence-electron chi connectivity index (χ3n) is 2.57. The molecule has 0 radical (unpaired) electrons. The van der Waals surface area contributed by atoms with Gasteiger partial charge in [0.25, 0.3) is 0 Å². The maximum atomic E-state index is 11.1. The third-order valence-corrected chi connectivity index (χ3v) is 3.99. The van der Waals surface area contributed by atoms with Gasteiger partial charge in [0.15, 0.2) is 0 Å². The molecule has 110 valence electrons. The molecule has 0 aliphatic heterocycles. The van der Waals surface area contributed by atoms with E-state index in [-0.39, 0.29) is 10.6 Å². The third kappa shape index (κ3) is 4.28. The molecular weight excluding hydrogens is 358 g/mol. The van der Waals surface area contributed by atoms with Crippen molar-refractivity contribution >= 4 is 37.9 Å². The van der Waals surface area contributed by atoms with Gasteiger partial charge in [-0.3, -0.25) is 5.43 Å². The Bertz CT molecular complexity index is 774. The van der Waals surface area contributed by atoms with Gasteiger partial charge >= 0.3 is 0 Å². The number of benzene rings is 2. The van der Waals surface area contributed by atoms with Crippen molar-refractivity contribution in [3.05, 3.63) is 52.5 Å². The Morgan fingerprint density at radius 3 is 2.48 bits per heavy atom. The summed E-state index contributed by atoms with van der Waals surface area (Å²) in [5, 5.41) is 18.6. The van der Waals surface area contributed by atoms with E-state index in [0.717, 1.165) is 4.47 Å². The molecule has 0 aliphatic carbocycles. The molecule has 0 unspecified atom stereocenters. The quantitative estimate of drug-likeness (QED) is 0.567. The monoisotopic (exact) mass is 369 g/mol. The molecule has 2 rings (SSSR count). The topological polar surface area (TPSA) is 105 Å². The van der Waals surface area contributed by atoms with Crippen LogP contribution in [0.25, 0.3) is 0 Å². The average Bonchev–Trinajstić information content (AvgIpc) is 2.42. The minimum atomic E-state index is -3.70. The summed E-state index contributed by atoms with van der Waals surface area (Å²) in [6, 6.07) is 10.8. The van der Waals surface area contributed by atoms with E-state index in [1.54, 1.807) is 18.2 Å². The van der Waals surface area contributed by atoms with Crippen LogP contribution in [-0.4, -0.2) is 19.7 Å². The number of aromatic hydroxyl groups is 1. The highest BCUT2D eigenvalue weighted by Crippen LogP contribution is 2.20. The van der Waals surface area contributed by atoms with E-state index in [2.05, 4.69) is 26.5 Å². The lowest BCUT2D eigenvalue weighted by Gasteiger charge is -2.03. The zero-order chi connectivity index (χ0) is 15.5. The van der Waals surface area contributed by atoms with E-state index in [1.165, 1.54) is 30.5 Å². The number of nitrogens with one attached hydrogen (secondary N) is 1. The molecule has 0 aromatic heterocycles. The van der Waals surface area contributed by atoms with Crippen molar-refractivity contribution < 1.29 is 13.5 Å². The maximum Gasteiger partial charge on any atom is 0.238 e. The molecule has 0 atom stereocenters. The van der Waals surface area contributed by atoms with E-state index in [4.69, 9.17) is 5.14 Å². The molecule has 0 bridgehead atoms. The number of rotatable bonds is 4. The minimum Gasteiger partial charge on any atom is -0.507 e. The van der Waals surface area contributed by atoms with Gasteiger partial charge in [0.1, 0.15) is 5.75 Å². The van der Waals surface area contributed by atoms with Crippen LogP contribution >= 0.6 is 15.9 Å². The van der Waals surface area contributed by atoms with Gasteiger partial charge < -0.3 is 5.11 Å². The van der Waals surface area contributed by atoms with Gasteiger partial charge in [0.2, 0.25) is 10.0 Å². The summed E-state index contributed by atoms with van der Waals surface area (Å²) in [6.45, 7) is 0. The van der Waals surface area contributed by atoms with Crippen LogP contribution in [0.4, 0.5) is 5.69 Å². The summed E-state index contributed by atoms with van der Waals surface area (Å²) in [4.78, 5) is 0.0293. The Kier molecular flexibility index (Phi) is 4.61. The van der Waals surface area contributed by atoms with Gasteiger partial charge in [-0.05, 0) is 42.5 Å². The number of nitrogens with two attached hydrogens (primary N) is 1. The van der Waals surface area contributed by atoms with Gasteiger partial charge in [0, 0.05) is 10.0 Å². The largest absolute Gasteiger partial charge is 0.507 e. The second kappa shape index (κ2) is 6.25. The molecule has 0 saturated heterocycles. The highest BCUT2D eigenvalue weighted by molar-refractivity contribution is 9.10. The van der Waals surface area contributed by atoms with Crippen LogP contribution in [0.2, 0.25) is 0 Å². The van der Waals surface area contributed by atoms with Crippen molar-refractivity contribution in [3.63, 3.8) is 0 Å². The van der Waals surface area contributed by atoms with E-state index in [1.807, 2.05) is 0 Å². The Morgan fingerprint density at radius 2 is 1.86 bits per heavy atom. The fourth-order valence-corrected chi connectivity index (χ4v) is 2.42. The number of hydrogen-bond acceptors (Lipinski definition) is 5. The number of sulfonamides is 1. The van der Waals surface area contributed by atoms with Crippen LogP contribution < -0.4 is 10.6 Å². The molecule has 21 heavy (non-hydrogen) atoms. The van der Waals surface area contributed by atoms with Gasteiger partial charge in [-0.2, -0.15) is 5.10 Å². The maximum absolute atomic E-state index is 11.1. The molecule has 6 nitrogen and oxygen atoms in total. The molecule has 0 heterocycles. The molecular formula is C13H12BrN3O3S. The van der Waals surface area contributed by atoms with Crippen LogP contribution in [-0.2, 0) is 10.0 Å². The zero-order valence-corrected chi connectivity index (χ0v) is 13.1.